The van der Waals surface area contributed by atoms with Crippen molar-refractivity contribution in [1.82, 2.24) is 15.8 Å². The third kappa shape index (κ3) is 4.08. The first-order valence-electron chi connectivity index (χ1n) is 5.24. The van der Waals surface area contributed by atoms with Crippen molar-refractivity contribution < 1.29 is 9.59 Å². The molecule has 1 rings (SSSR count). The Labute approximate surface area is 94.2 Å². The lowest BCUT2D eigenvalue weighted by Crippen LogP contribution is -2.41. The number of carbonyl (C=O) groups is 2. The van der Waals surface area contributed by atoms with Gasteiger partial charge < -0.3 is 0 Å². The highest BCUT2D eigenvalue weighted by molar-refractivity contribution is 5.93. The maximum atomic E-state index is 11.4. The molecule has 0 saturated carbocycles. The van der Waals surface area contributed by atoms with Crippen LogP contribution in [-0.4, -0.2) is 16.8 Å². The molecular weight excluding hydrogens is 206 g/mol. The average molecular weight is 221 g/mol. The van der Waals surface area contributed by atoms with Crippen molar-refractivity contribution in [3.8, 4) is 0 Å². The fourth-order valence-corrected chi connectivity index (χ4v) is 1.09. The highest BCUT2D eigenvalue weighted by atomic mass is 16.2. The molecule has 5 nitrogen and oxygen atoms in total. The molecule has 0 bridgehead atoms. The highest BCUT2D eigenvalue weighted by Gasteiger charge is 2.06. The van der Waals surface area contributed by atoms with E-state index in [1.54, 1.807) is 18.2 Å². The number of nitrogens with zero attached hydrogens (tertiary/aromatic N) is 1. The van der Waals surface area contributed by atoms with E-state index in [-0.39, 0.29) is 11.6 Å². The Kier molecular flexibility index (Phi) is 4.98. The average Bonchev–Trinajstić information content (AvgIpc) is 2.34. The fourth-order valence-electron chi connectivity index (χ4n) is 1.09. The lowest BCUT2D eigenvalue weighted by Gasteiger charge is -2.05. The van der Waals surface area contributed by atoms with E-state index in [0.29, 0.717) is 6.42 Å². The number of carbonyl (C=O) groups excluding carboxylic acids is 2. The number of pyridine rings is 1. The number of nitrogens with one attached hydrogen (secondary N) is 2. The summed E-state index contributed by atoms with van der Waals surface area (Å²) in [6.45, 7) is 2.00. The fraction of sp³-hybridized carbons (Fsp3) is 0.364. The Morgan fingerprint density at radius 1 is 1.31 bits per heavy atom. The minimum Gasteiger partial charge on any atom is -0.273 e. The summed E-state index contributed by atoms with van der Waals surface area (Å²) in [4.78, 5) is 26.5. The van der Waals surface area contributed by atoms with Gasteiger partial charge in [0.25, 0.3) is 5.91 Å². The Bertz CT molecular complexity index is 352. The van der Waals surface area contributed by atoms with Gasteiger partial charge in [0.15, 0.2) is 0 Å². The van der Waals surface area contributed by atoms with Crippen molar-refractivity contribution in [2.24, 2.45) is 0 Å². The van der Waals surface area contributed by atoms with Gasteiger partial charge in [-0.15, -0.1) is 0 Å². The van der Waals surface area contributed by atoms with Gasteiger partial charge in [-0.1, -0.05) is 19.4 Å². The number of aromatic nitrogens is 1. The zero-order valence-corrected chi connectivity index (χ0v) is 9.19. The summed E-state index contributed by atoms with van der Waals surface area (Å²) in [5.74, 6) is -0.600. The molecule has 5 heteroatoms. The first kappa shape index (κ1) is 12.2. The van der Waals surface area contributed by atoms with Gasteiger partial charge >= 0.3 is 0 Å². The van der Waals surface area contributed by atoms with Gasteiger partial charge in [0.2, 0.25) is 5.91 Å². The number of hydrogen-bond donors (Lipinski definition) is 2. The van der Waals surface area contributed by atoms with Gasteiger partial charge in [-0.05, 0) is 18.6 Å². The molecule has 0 aliphatic heterocycles. The van der Waals surface area contributed by atoms with Crippen molar-refractivity contribution in [3.05, 3.63) is 30.1 Å². The quantitative estimate of drug-likeness (QED) is 0.746. The van der Waals surface area contributed by atoms with Crippen LogP contribution < -0.4 is 10.9 Å². The summed E-state index contributed by atoms with van der Waals surface area (Å²) < 4.78 is 0. The molecule has 0 radical (unpaired) electrons. The zero-order chi connectivity index (χ0) is 11.8. The molecule has 2 N–H and O–H groups in total. The molecule has 1 heterocycles. The molecule has 16 heavy (non-hydrogen) atoms. The van der Waals surface area contributed by atoms with Crippen molar-refractivity contribution in [2.75, 3.05) is 0 Å². The summed E-state index contributed by atoms with van der Waals surface area (Å²) in [7, 11) is 0. The first-order chi connectivity index (χ1) is 7.74. The molecule has 0 fully saturated rings. The van der Waals surface area contributed by atoms with E-state index in [0.717, 1.165) is 12.8 Å². The molecule has 2 amide bonds. The Balaban J connectivity index is 2.33. The van der Waals surface area contributed by atoms with Crippen LogP contribution in [-0.2, 0) is 4.79 Å². The van der Waals surface area contributed by atoms with E-state index in [2.05, 4.69) is 15.8 Å². The molecule has 0 unspecified atom stereocenters. The molecule has 0 aromatic carbocycles. The smallest absolute Gasteiger partial charge is 0.273 e. The van der Waals surface area contributed by atoms with E-state index >= 15 is 0 Å². The van der Waals surface area contributed by atoms with E-state index in [1.807, 2.05) is 6.92 Å². The largest absolute Gasteiger partial charge is 0.288 e. The Morgan fingerprint density at radius 3 is 2.75 bits per heavy atom. The maximum Gasteiger partial charge on any atom is 0.288 e. The number of hydrogen-bond acceptors (Lipinski definition) is 3. The van der Waals surface area contributed by atoms with Crippen LogP contribution in [0.4, 0.5) is 0 Å². The van der Waals surface area contributed by atoms with Gasteiger partial charge in [0, 0.05) is 12.6 Å². The number of unbranched alkanes of at least 4 members (excludes halogenated alkanes) is 1. The normalized spacial score (nSPS) is 9.56. The third-order valence-electron chi connectivity index (χ3n) is 1.97. The molecule has 0 aliphatic carbocycles. The molecular formula is C11H15N3O2. The maximum absolute atomic E-state index is 11.4. The van der Waals surface area contributed by atoms with Gasteiger partial charge in [-0.2, -0.15) is 0 Å². The van der Waals surface area contributed by atoms with Crippen molar-refractivity contribution in [2.45, 2.75) is 26.2 Å². The van der Waals surface area contributed by atoms with Crippen LogP contribution in [0.2, 0.25) is 0 Å². The van der Waals surface area contributed by atoms with Crippen LogP contribution in [0.5, 0.6) is 0 Å². The van der Waals surface area contributed by atoms with Crippen molar-refractivity contribution >= 4 is 11.8 Å². The molecule has 86 valence electrons. The lowest BCUT2D eigenvalue weighted by molar-refractivity contribution is -0.121. The van der Waals surface area contributed by atoms with E-state index < -0.39 is 5.91 Å². The zero-order valence-electron chi connectivity index (χ0n) is 9.19. The van der Waals surface area contributed by atoms with Gasteiger partial charge in [-0.3, -0.25) is 25.4 Å². The van der Waals surface area contributed by atoms with Crippen molar-refractivity contribution in [1.29, 1.82) is 0 Å². The molecule has 0 saturated heterocycles. The van der Waals surface area contributed by atoms with Gasteiger partial charge in [0.05, 0.1) is 0 Å². The highest BCUT2D eigenvalue weighted by Crippen LogP contribution is 1.93. The SMILES string of the molecule is CCCCC(=O)NNC(=O)c1ccccn1. The number of amides is 2. The van der Waals surface area contributed by atoms with Gasteiger partial charge in [-0.25, -0.2) is 0 Å². The van der Waals surface area contributed by atoms with Crippen LogP contribution in [0, 0.1) is 0 Å². The predicted octanol–water partition coefficient (Wildman–Crippen LogP) is 1.03. The van der Waals surface area contributed by atoms with Crippen LogP contribution in [0.1, 0.15) is 36.7 Å². The lowest BCUT2D eigenvalue weighted by atomic mass is 10.2. The third-order valence-corrected chi connectivity index (χ3v) is 1.97. The molecule has 0 aliphatic rings. The molecule has 0 spiro atoms. The van der Waals surface area contributed by atoms with Crippen LogP contribution in [0.15, 0.2) is 24.4 Å². The first-order valence-corrected chi connectivity index (χ1v) is 5.24. The number of hydrazine groups is 1. The van der Waals surface area contributed by atoms with E-state index in [4.69, 9.17) is 0 Å². The number of rotatable bonds is 4. The standard InChI is InChI=1S/C11H15N3O2/c1-2-3-7-10(15)13-14-11(16)9-6-4-5-8-12-9/h4-6,8H,2-3,7H2,1H3,(H,13,15)(H,14,16). The van der Waals surface area contributed by atoms with Crippen molar-refractivity contribution in [3.63, 3.8) is 0 Å². The summed E-state index contributed by atoms with van der Waals surface area (Å²) in [5.41, 5.74) is 4.92. The van der Waals surface area contributed by atoms with Crippen LogP contribution in [0.25, 0.3) is 0 Å². The minimum atomic E-state index is -0.412. The summed E-state index contributed by atoms with van der Waals surface area (Å²) >= 11 is 0. The summed E-state index contributed by atoms with van der Waals surface area (Å²) in [6.07, 6.45) is 3.69. The Hall–Kier alpha value is -1.91. The predicted molar refractivity (Wildman–Crippen MR) is 59.4 cm³/mol. The van der Waals surface area contributed by atoms with E-state index in [1.165, 1.54) is 6.20 Å². The Morgan fingerprint density at radius 2 is 2.12 bits per heavy atom. The summed E-state index contributed by atoms with van der Waals surface area (Å²) in [5, 5.41) is 0. The van der Waals surface area contributed by atoms with E-state index in [9.17, 15) is 9.59 Å². The topological polar surface area (TPSA) is 71.1 Å². The minimum absolute atomic E-state index is 0.189. The monoisotopic (exact) mass is 221 g/mol. The molecule has 1 aromatic rings. The second-order valence-corrected chi connectivity index (χ2v) is 3.32. The second-order valence-electron chi connectivity index (χ2n) is 3.32. The summed E-state index contributed by atoms with van der Waals surface area (Å²) in [6, 6.07) is 5.00. The van der Waals surface area contributed by atoms with Crippen LogP contribution >= 0.6 is 0 Å². The van der Waals surface area contributed by atoms with Gasteiger partial charge in [0.1, 0.15) is 5.69 Å². The molecule has 0 atom stereocenters. The second kappa shape index (κ2) is 6.55. The van der Waals surface area contributed by atoms with Crippen LogP contribution in [0.3, 0.4) is 0 Å². The molecule has 1 aromatic heterocycles.